The Bertz CT molecular complexity index is 406. The minimum atomic E-state index is -0.354. The van der Waals surface area contributed by atoms with Gasteiger partial charge in [0.1, 0.15) is 0 Å². The van der Waals surface area contributed by atoms with Crippen LogP contribution < -0.4 is 4.90 Å². The van der Waals surface area contributed by atoms with E-state index in [1.807, 2.05) is 30.3 Å². The largest absolute Gasteiger partial charge is 0.468 e. The summed E-state index contributed by atoms with van der Waals surface area (Å²) >= 11 is 0. The predicted octanol–water partition coefficient (Wildman–Crippen LogP) is 0.754. The molecular formula is C13H18N2O3. The Morgan fingerprint density at radius 3 is 2.28 bits per heavy atom. The molecule has 0 aliphatic heterocycles. The lowest BCUT2D eigenvalue weighted by molar-refractivity contribution is -0.141. The minimum absolute atomic E-state index is 0.0763. The first kappa shape index (κ1) is 14.2. The number of benzene rings is 1. The number of anilines is 1. The third kappa shape index (κ3) is 4.18. The van der Waals surface area contributed by atoms with E-state index in [1.165, 1.54) is 7.11 Å². The average Bonchev–Trinajstić information content (AvgIpc) is 2.38. The van der Waals surface area contributed by atoms with Gasteiger partial charge in [0.25, 0.3) is 0 Å². The molecule has 1 aromatic rings. The molecule has 5 nitrogen and oxygen atoms in total. The predicted molar refractivity (Wildman–Crippen MR) is 69.4 cm³/mol. The second-order valence-electron chi connectivity index (χ2n) is 4.04. The van der Waals surface area contributed by atoms with E-state index in [0.717, 1.165) is 5.69 Å². The molecule has 0 saturated heterocycles. The van der Waals surface area contributed by atoms with E-state index < -0.39 is 0 Å². The van der Waals surface area contributed by atoms with Gasteiger partial charge in [-0.3, -0.25) is 14.5 Å². The zero-order chi connectivity index (χ0) is 13.5. The smallest absolute Gasteiger partial charge is 0.319 e. The lowest BCUT2D eigenvalue weighted by Gasteiger charge is -2.21. The van der Waals surface area contributed by atoms with E-state index in [1.54, 1.807) is 23.9 Å². The van der Waals surface area contributed by atoms with Crippen LogP contribution in [0, 0.1) is 0 Å². The molecule has 0 fully saturated rings. The van der Waals surface area contributed by atoms with Crippen LogP contribution in [0.2, 0.25) is 0 Å². The Morgan fingerprint density at radius 1 is 1.11 bits per heavy atom. The van der Waals surface area contributed by atoms with Crippen molar-refractivity contribution in [1.29, 1.82) is 0 Å². The first-order valence-electron chi connectivity index (χ1n) is 5.61. The van der Waals surface area contributed by atoms with Gasteiger partial charge in [-0.25, -0.2) is 0 Å². The van der Waals surface area contributed by atoms with Crippen LogP contribution in [0.25, 0.3) is 0 Å². The van der Waals surface area contributed by atoms with Gasteiger partial charge in [0.15, 0.2) is 0 Å². The van der Waals surface area contributed by atoms with Crippen LogP contribution in [0.3, 0.4) is 0 Å². The number of methoxy groups -OCH3 is 1. The fourth-order valence-electron chi connectivity index (χ4n) is 1.47. The zero-order valence-electron chi connectivity index (χ0n) is 10.9. The van der Waals surface area contributed by atoms with Crippen LogP contribution >= 0.6 is 0 Å². The SMILES string of the molecule is COC(=O)CN(C)CC(=O)N(C)c1ccccc1. The van der Waals surface area contributed by atoms with Gasteiger partial charge in [-0.2, -0.15) is 0 Å². The number of nitrogens with zero attached hydrogens (tertiary/aromatic N) is 2. The summed E-state index contributed by atoms with van der Waals surface area (Å²) in [6.07, 6.45) is 0. The van der Waals surface area contributed by atoms with Crippen LogP contribution in [0.5, 0.6) is 0 Å². The molecule has 0 aliphatic rings. The Balaban J connectivity index is 2.53. The third-order valence-corrected chi connectivity index (χ3v) is 2.55. The Morgan fingerprint density at radius 2 is 1.72 bits per heavy atom. The molecule has 0 bridgehead atoms. The van der Waals surface area contributed by atoms with Crippen molar-refractivity contribution in [3.63, 3.8) is 0 Å². The van der Waals surface area contributed by atoms with Gasteiger partial charge in [-0.05, 0) is 19.2 Å². The van der Waals surface area contributed by atoms with Crippen molar-refractivity contribution in [1.82, 2.24) is 4.90 Å². The molecule has 0 N–H and O–H groups in total. The van der Waals surface area contributed by atoms with Crippen molar-refractivity contribution < 1.29 is 14.3 Å². The lowest BCUT2D eigenvalue weighted by atomic mass is 10.3. The van der Waals surface area contributed by atoms with Crippen molar-refractivity contribution in [2.45, 2.75) is 0 Å². The molecule has 0 spiro atoms. The molecule has 0 radical (unpaired) electrons. The number of hydrogen-bond acceptors (Lipinski definition) is 4. The van der Waals surface area contributed by atoms with E-state index in [9.17, 15) is 9.59 Å². The minimum Gasteiger partial charge on any atom is -0.468 e. The van der Waals surface area contributed by atoms with Gasteiger partial charge in [-0.1, -0.05) is 18.2 Å². The standard InChI is InChI=1S/C13H18N2O3/c1-14(10-13(17)18-3)9-12(16)15(2)11-7-5-4-6-8-11/h4-8H,9-10H2,1-3H3. The molecule has 0 unspecified atom stereocenters. The molecule has 0 atom stereocenters. The molecule has 1 aromatic carbocycles. The normalized spacial score (nSPS) is 10.2. The van der Waals surface area contributed by atoms with Crippen molar-refractivity contribution in [2.75, 3.05) is 39.2 Å². The van der Waals surface area contributed by atoms with Crippen molar-refractivity contribution in [3.8, 4) is 0 Å². The first-order valence-corrected chi connectivity index (χ1v) is 5.61. The van der Waals surface area contributed by atoms with Crippen LogP contribution in [-0.4, -0.2) is 51.1 Å². The van der Waals surface area contributed by atoms with Crippen LogP contribution in [0.4, 0.5) is 5.69 Å². The summed E-state index contributed by atoms with van der Waals surface area (Å²) in [6, 6.07) is 9.36. The monoisotopic (exact) mass is 250 g/mol. The fraction of sp³-hybridized carbons (Fsp3) is 0.385. The molecule has 0 heterocycles. The second kappa shape index (κ2) is 6.76. The van der Waals surface area contributed by atoms with E-state index in [-0.39, 0.29) is 25.0 Å². The zero-order valence-corrected chi connectivity index (χ0v) is 10.9. The molecule has 0 saturated carbocycles. The summed E-state index contributed by atoms with van der Waals surface area (Å²) in [7, 11) is 4.74. The van der Waals surface area contributed by atoms with E-state index in [2.05, 4.69) is 4.74 Å². The highest BCUT2D eigenvalue weighted by Crippen LogP contribution is 2.11. The number of likely N-dealkylation sites (N-methyl/N-ethyl adjacent to an activating group) is 2. The highest BCUT2D eigenvalue weighted by atomic mass is 16.5. The number of para-hydroxylation sites is 1. The van der Waals surface area contributed by atoms with E-state index >= 15 is 0 Å². The number of carbonyl (C=O) groups excluding carboxylic acids is 2. The van der Waals surface area contributed by atoms with Crippen molar-refractivity contribution >= 4 is 17.6 Å². The maximum absolute atomic E-state index is 12.0. The number of hydrogen-bond donors (Lipinski definition) is 0. The number of ether oxygens (including phenoxy) is 1. The summed E-state index contributed by atoms with van der Waals surface area (Å²) in [5.41, 5.74) is 0.828. The van der Waals surface area contributed by atoms with Crippen molar-refractivity contribution in [3.05, 3.63) is 30.3 Å². The quantitative estimate of drug-likeness (QED) is 0.724. The Hall–Kier alpha value is -1.88. The number of carbonyl (C=O) groups is 2. The van der Waals surface area contributed by atoms with Crippen LogP contribution in [0.1, 0.15) is 0 Å². The second-order valence-corrected chi connectivity index (χ2v) is 4.04. The number of esters is 1. The third-order valence-electron chi connectivity index (χ3n) is 2.55. The maximum Gasteiger partial charge on any atom is 0.319 e. The molecule has 18 heavy (non-hydrogen) atoms. The van der Waals surface area contributed by atoms with Gasteiger partial charge in [0.2, 0.25) is 5.91 Å². The summed E-state index contributed by atoms with van der Waals surface area (Å²) < 4.78 is 4.54. The van der Waals surface area contributed by atoms with Gasteiger partial charge < -0.3 is 9.64 Å². The van der Waals surface area contributed by atoms with E-state index in [0.29, 0.717) is 0 Å². The Labute approximate surface area is 107 Å². The summed E-state index contributed by atoms with van der Waals surface area (Å²) in [5, 5.41) is 0. The van der Waals surface area contributed by atoms with Gasteiger partial charge in [0.05, 0.1) is 20.2 Å². The summed E-state index contributed by atoms with van der Waals surface area (Å²) in [4.78, 5) is 26.2. The van der Waals surface area contributed by atoms with E-state index in [4.69, 9.17) is 0 Å². The number of amides is 1. The molecule has 0 aliphatic carbocycles. The van der Waals surface area contributed by atoms with Gasteiger partial charge in [-0.15, -0.1) is 0 Å². The molecule has 1 rings (SSSR count). The summed E-state index contributed by atoms with van der Waals surface area (Å²) in [6.45, 7) is 0.269. The van der Waals surface area contributed by atoms with Gasteiger partial charge >= 0.3 is 5.97 Å². The maximum atomic E-state index is 12.0. The fourth-order valence-corrected chi connectivity index (χ4v) is 1.47. The topological polar surface area (TPSA) is 49.9 Å². The first-order chi connectivity index (χ1) is 8.54. The molecule has 98 valence electrons. The summed E-state index contributed by atoms with van der Waals surface area (Å²) in [5.74, 6) is -0.430. The molecule has 0 aromatic heterocycles. The Kier molecular flexibility index (Phi) is 5.32. The highest BCUT2D eigenvalue weighted by Gasteiger charge is 2.15. The lowest BCUT2D eigenvalue weighted by Crippen LogP contribution is -2.38. The molecule has 5 heteroatoms. The van der Waals surface area contributed by atoms with Crippen LogP contribution in [0.15, 0.2) is 30.3 Å². The molecule has 1 amide bonds. The molecular weight excluding hydrogens is 232 g/mol. The highest BCUT2D eigenvalue weighted by molar-refractivity contribution is 5.94. The van der Waals surface area contributed by atoms with Gasteiger partial charge in [0, 0.05) is 12.7 Å². The van der Waals surface area contributed by atoms with Crippen LogP contribution in [-0.2, 0) is 14.3 Å². The number of rotatable bonds is 5. The van der Waals surface area contributed by atoms with Crippen molar-refractivity contribution in [2.24, 2.45) is 0 Å². The average molecular weight is 250 g/mol.